The first-order valence-corrected chi connectivity index (χ1v) is 27.6. The summed E-state index contributed by atoms with van der Waals surface area (Å²) >= 11 is 0. The number of rotatable bonds is 9. The average Bonchev–Trinajstić information content (AvgIpc) is 3.55. The summed E-state index contributed by atoms with van der Waals surface area (Å²) in [6.07, 6.45) is 0. The second-order valence-electron chi connectivity index (χ2n) is 17.8. The fraction of sp³-hybridized carbons (Fsp3) is 0.127. The first kappa shape index (κ1) is 37.6. The first-order valence-electron chi connectivity index (χ1n) is 20.6. The molecule has 0 amide bonds. The molecule has 0 radical (unpaired) electrons. The molecule has 0 N–H and O–H groups in total. The van der Waals surface area contributed by atoms with Crippen molar-refractivity contribution in [2.45, 2.75) is 44.7 Å². The minimum absolute atomic E-state index is 0.514. The zero-order valence-electron chi connectivity index (χ0n) is 34.5. The molecule has 58 heavy (non-hydrogen) atoms. The van der Waals surface area contributed by atoms with E-state index in [4.69, 9.17) is 0 Å². The molecule has 0 fully saturated rings. The molecule has 0 heterocycles. The standard InChI is InChI=1S/C55H51NSi2/c1-57(2,3)47-34-27-43(28-35-47)55(44-29-36-48(37-30-44)58(4,5)6)52-23-15-13-22-50(52)51-38-33-46(39-53(51)55)56(45-31-25-41(26-32-45)40-17-9-7-10-18-40)54-24-16-14-21-49(54)42-19-11-8-12-20-42/h7-39H,1-6H3. The topological polar surface area (TPSA) is 3.24 Å². The van der Waals surface area contributed by atoms with Crippen molar-refractivity contribution >= 4 is 43.6 Å². The van der Waals surface area contributed by atoms with Gasteiger partial charge >= 0.3 is 0 Å². The van der Waals surface area contributed by atoms with Crippen molar-refractivity contribution in [1.29, 1.82) is 0 Å². The normalized spacial score (nSPS) is 13.1. The summed E-state index contributed by atoms with van der Waals surface area (Å²) in [5.41, 5.74) is 15.5. The third-order valence-corrected chi connectivity index (χ3v) is 16.2. The lowest BCUT2D eigenvalue weighted by Crippen LogP contribution is -2.39. The highest BCUT2D eigenvalue weighted by molar-refractivity contribution is 6.89. The zero-order chi connectivity index (χ0) is 40.1. The van der Waals surface area contributed by atoms with Crippen LogP contribution in [-0.2, 0) is 5.41 Å². The highest BCUT2D eigenvalue weighted by Crippen LogP contribution is 2.57. The number of nitrogens with zero attached hydrogens (tertiary/aromatic N) is 1. The molecule has 0 aliphatic heterocycles. The van der Waals surface area contributed by atoms with Crippen LogP contribution in [0, 0.1) is 0 Å². The Morgan fingerprint density at radius 3 is 1.36 bits per heavy atom. The summed E-state index contributed by atoms with van der Waals surface area (Å²) in [7, 11) is -3.06. The lowest BCUT2D eigenvalue weighted by Gasteiger charge is -2.36. The van der Waals surface area contributed by atoms with Gasteiger partial charge in [0, 0.05) is 16.9 Å². The molecule has 0 atom stereocenters. The second kappa shape index (κ2) is 14.7. The van der Waals surface area contributed by atoms with Gasteiger partial charge in [-0.25, -0.2) is 0 Å². The maximum atomic E-state index is 2.50. The molecule has 9 rings (SSSR count). The Morgan fingerprint density at radius 1 is 0.345 bits per heavy atom. The van der Waals surface area contributed by atoms with Crippen LogP contribution in [0.15, 0.2) is 200 Å². The van der Waals surface area contributed by atoms with Crippen molar-refractivity contribution in [2.24, 2.45) is 0 Å². The van der Waals surface area contributed by atoms with Crippen molar-refractivity contribution in [3.63, 3.8) is 0 Å². The minimum atomic E-state index is -1.53. The van der Waals surface area contributed by atoms with Gasteiger partial charge < -0.3 is 4.90 Å². The highest BCUT2D eigenvalue weighted by atomic mass is 28.3. The van der Waals surface area contributed by atoms with Gasteiger partial charge in [0.1, 0.15) is 0 Å². The fourth-order valence-electron chi connectivity index (χ4n) is 9.03. The molecule has 1 aliphatic carbocycles. The molecule has 8 aromatic rings. The molecule has 0 aromatic heterocycles. The monoisotopic (exact) mass is 781 g/mol. The number of hydrogen-bond acceptors (Lipinski definition) is 1. The second-order valence-corrected chi connectivity index (χ2v) is 28.0. The van der Waals surface area contributed by atoms with Crippen LogP contribution >= 0.6 is 0 Å². The summed E-state index contributed by atoms with van der Waals surface area (Å²) in [6, 6.07) is 75.1. The summed E-state index contributed by atoms with van der Waals surface area (Å²) in [5.74, 6) is 0. The van der Waals surface area contributed by atoms with Crippen molar-refractivity contribution < 1.29 is 0 Å². The van der Waals surface area contributed by atoms with Crippen LogP contribution in [0.5, 0.6) is 0 Å². The van der Waals surface area contributed by atoms with Crippen molar-refractivity contribution in [3.05, 3.63) is 222 Å². The van der Waals surface area contributed by atoms with Crippen LogP contribution in [0.2, 0.25) is 39.3 Å². The number of hydrogen-bond donors (Lipinski definition) is 0. The van der Waals surface area contributed by atoms with E-state index in [1.807, 2.05) is 0 Å². The van der Waals surface area contributed by atoms with E-state index in [9.17, 15) is 0 Å². The Labute approximate surface area is 347 Å². The van der Waals surface area contributed by atoms with Crippen LogP contribution in [0.1, 0.15) is 22.3 Å². The quantitative estimate of drug-likeness (QED) is 0.132. The van der Waals surface area contributed by atoms with Gasteiger partial charge in [-0.1, -0.05) is 220 Å². The molecule has 1 nitrogen and oxygen atoms in total. The third-order valence-electron chi connectivity index (χ3n) is 12.1. The van der Waals surface area contributed by atoms with Gasteiger partial charge in [-0.15, -0.1) is 0 Å². The van der Waals surface area contributed by atoms with Crippen LogP contribution in [0.4, 0.5) is 17.1 Å². The predicted molar refractivity (Wildman–Crippen MR) is 255 cm³/mol. The van der Waals surface area contributed by atoms with Gasteiger partial charge in [0.25, 0.3) is 0 Å². The minimum Gasteiger partial charge on any atom is -0.310 e. The van der Waals surface area contributed by atoms with Gasteiger partial charge in [-0.05, 0) is 80.4 Å². The van der Waals surface area contributed by atoms with E-state index >= 15 is 0 Å². The first-order chi connectivity index (χ1) is 28.0. The Morgan fingerprint density at radius 2 is 0.793 bits per heavy atom. The molecule has 3 heteroatoms. The van der Waals surface area contributed by atoms with Gasteiger partial charge in [0.05, 0.1) is 27.3 Å². The predicted octanol–water partition coefficient (Wildman–Crippen LogP) is 13.9. The van der Waals surface area contributed by atoms with Crippen LogP contribution in [0.3, 0.4) is 0 Å². The van der Waals surface area contributed by atoms with Crippen molar-refractivity contribution in [1.82, 2.24) is 0 Å². The van der Waals surface area contributed by atoms with Crippen molar-refractivity contribution in [2.75, 3.05) is 4.90 Å². The van der Waals surface area contributed by atoms with Gasteiger partial charge in [-0.3, -0.25) is 0 Å². The van der Waals surface area contributed by atoms with Crippen molar-refractivity contribution in [3.8, 4) is 33.4 Å². The van der Waals surface area contributed by atoms with Gasteiger partial charge in [0.15, 0.2) is 0 Å². The highest BCUT2D eigenvalue weighted by Gasteiger charge is 2.46. The molecule has 284 valence electrons. The summed E-state index contributed by atoms with van der Waals surface area (Å²) < 4.78 is 0. The molecule has 1 aliphatic rings. The molecule has 0 saturated heterocycles. The molecule has 0 bridgehead atoms. The smallest absolute Gasteiger partial charge is 0.0775 e. The van der Waals surface area contributed by atoms with Crippen LogP contribution in [-0.4, -0.2) is 16.1 Å². The number of benzene rings is 8. The maximum absolute atomic E-state index is 2.50. The summed E-state index contributed by atoms with van der Waals surface area (Å²) in [6.45, 7) is 14.6. The number of para-hydroxylation sites is 1. The van der Waals surface area contributed by atoms with E-state index in [1.54, 1.807) is 0 Å². The Kier molecular flexibility index (Phi) is 9.55. The average molecular weight is 782 g/mol. The summed E-state index contributed by atoms with van der Waals surface area (Å²) in [5, 5.41) is 2.95. The van der Waals surface area contributed by atoms with E-state index in [2.05, 4.69) is 244 Å². The zero-order valence-corrected chi connectivity index (χ0v) is 36.5. The van der Waals surface area contributed by atoms with E-state index in [0.29, 0.717) is 0 Å². The lowest BCUT2D eigenvalue weighted by atomic mass is 9.67. The number of anilines is 3. The Hall–Kier alpha value is -6.01. The number of fused-ring (bicyclic) bond motifs is 3. The van der Waals surface area contributed by atoms with E-state index in [1.165, 1.54) is 66.0 Å². The maximum Gasteiger partial charge on any atom is 0.0775 e. The van der Waals surface area contributed by atoms with E-state index in [-0.39, 0.29) is 0 Å². The Bertz CT molecular complexity index is 2650. The van der Waals surface area contributed by atoms with Crippen LogP contribution < -0.4 is 15.3 Å². The fourth-order valence-corrected chi connectivity index (χ4v) is 11.4. The summed E-state index contributed by atoms with van der Waals surface area (Å²) in [4.78, 5) is 2.47. The SMILES string of the molecule is C[Si](C)(C)c1ccc(C2(c3ccc([Si](C)(C)C)cc3)c3ccccc3-c3ccc(N(c4ccc(-c5ccccc5)cc4)c4ccccc4-c4ccccc4)cc32)cc1. The largest absolute Gasteiger partial charge is 0.310 e. The van der Waals surface area contributed by atoms with Gasteiger partial charge in [-0.2, -0.15) is 0 Å². The molecular formula is C55H51NSi2. The van der Waals surface area contributed by atoms with Gasteiger partial charge in [0.2, 0.25) is 0 Å². The van der Waals surface area contributed by atoms with Crippen LogP contribution in [0.25, 0.3) is 33.4 Å². The van der Waals surface area contributed by atoms with E-state index < -0.39 is 21.6 Å². The molecule has 0 saturated carbocycles. The molecule has 8 aromatic carbocycles. The lowest BCUT2D eigenvalue weighted by molar-refractivity contribution is 0.769. The van der Waals surface area contributed by atoms with E-state index in [0.717, 1.165) is 17.1 Å². The molecule has 0 spiro atoms. The Balaban J connectivity index is 1.31. The molecule has 0 unspecified atom stereocenters. The third kappa shape index (κ3) is 6.59. The molecular weight excluding hydrogens is 731 g/mol.